The van der Waals surface area contributed by atoms with Crippen LogP contribution in [0.1, 0.15) is 16.5 Å². The van der Waals surface area contributed by atoms with Gasteiger partial charge in [-0.2, -0.15) is 0 Å². The van der Waals surface area contributed by atoms with Crippen LogP contribution in [0, 0.1) is 12.7 Å². The van der Waals surface area contributed by atoms with Gasteiger partial charge in [-0.05, 0) is 36.2 Å². The van der Waals surface area contributed by atoms with Gasteiger partial charge in [0, 0.05) is 4.90 Å². The summed E-state index contributed by atoms with van der Waals surface area (Å²) in [5, 5.41) is 1.77. The highest BCUT2D eigenvalue weighted by Crippen LogP contribution is 2.47. The van der Waals surface area contributed by atoms with Crippen LogP contribution in [0.5, 0.6) is 0 Å². The van der Waals surface area contributed by atoms with E-state index in [1.807, 2.05) is 24.3 Å². The Morgan fingerprint density at radius 1 is 1.29 bits per heavy atom. The predicted molar refractivity (Wildman–Crippen MR) is 84.4 cm³/mol. The van der Waals surface area contributed by atoms with Crippen molar-refractivity contribution in [3.05, 3.63) is 59.4 Å². The topological polar surface area (TPSA) is 29.1 Å². The second-order valence-corrected chi connectivity index (χ2v) is 6.60. The number of hydrogen-bond acceptors (Lipinski definition) is 2. The standard InChI is InChI=1S/C16H13ClFNOS/c1-9-6-7-12(11(18)8-9)19-16(20)15-14(17)10-4-2-3-5-13(10)21-15/h2-8,14-15H,1H3,(H,19,20). The molecule has 0 aliphatic carbocycles. The zero-order valence-corrected chi connectivity index (χ0v) is 12.8. The number of nitrogens with one attached hydrogen (secondary N) is 1. The summed E-state index contributed by atoms with van der Waals surface area (Å²) in [6, 6.07) is 12.4. The molecular formula is C16H13ClFNOS. The van der Waals surface area contributed by atoms with Crippen molar-refractivity contribution in [3.8, 4) is 0 Å². The minimum Gasteiger partial charge on any atom is -0.323 e. The molecule has 0 aromatic heterocycles. The molecule has 2 nitrogen and oxygen atoms in total. The summed E-state index contributed by atoms with van der Waals surface area (Å²) < 4.78 is 13.8. The number of anilines is 1. The van der Waals surface area contributed by atoms with Crippen LogP contribution in [0.15, 0.2) is 47.4 Å². The second-order valence-electron chi connectivity index (χ2n) is 4.95. The molecule has 2 aromatic carbocycles. The third kappa shape index (κ3) is 2.78. The maximum absolute atomic E-state index is 13.8. The number of rotatable bonds is 2. The number of thioether (sulfide) groups is 1. The Morgan fingerprint density at radius 3 is 2.76 bits per heavy atom. The fraction of sp³-hybridized carbons (Fsp3) is 0.188. The smallest absolute Gasteiger partial charge is 0.239 e. The number of alkyl halides is 1. The van der Waals surface area contributed by atoms with Crippen molar-refractivity contribution in [3.63, 3.8) is 0 Å². The SMILES string of the molecule is Cc1ccc(NC(=O)C2Sc3ccccc3C2Cl)c(F)c1. The first kappa shape index (κ1) is 14.4. The van der Waals surface area contributed by atoms with E-state index in [9.17, 15) is 9.18 Å². The first-order valence-corrected chi connectivity index (χ1v) is 7.84. The van der Waals surface area contributed by atoms with Crippen LogP contribution in [0.3, 0.4) is 0 Å². The van der Waals surface area contributed by atoms with E-state index >= 15 is 0 Å². The van der Waals surface area contributed by atoms with Gasteiger partial charge < -0.3 is 5.32 Å². The Labute approximate surface area is 131 Å². The largest absolute Gasteiger partial charge is 0.323 e. The molecule has 3 rings (SSSR count). The van der Waals surface area contributed by atoms with E-state index in [0.29, 0.717) is 0 Å². The summed E-state index contributed by atoms with van der Waals surface area (Å²) >= 11 is 7.77. The molecule has 2 atom stereocenters. The molecule has 2 aromatic rings. The summed E-state index contributed by atoms with van der Waals surface area (Å²) in [4.78, 5) is 13.3. The van der Waals surface area contributed by atoms with Crippen molar-refractivity contribution in [2.45, 2.75) is 22.4 Å². The fourth-order valence-corrected chi connectivity index (χ4v) is 4.00. The maximum atomic E-state index is 13.8. The summed E-state index contributed by atoms with van der Waals surface area (Å²) in [7, 11) is 0. The van der Waals surface area contributed by atoms with Crippen LogP contribution >= 0.6 is 23.4 Å². The van der Waals surface area contributed by atoms with Gasteiger partial charge in [-0.3, -0.25) is 4.79 Å². The Balaban J connectivity index is 1.78. The Bertz CT molecular complexity index is 706. The molecule has 0 fully saturated rings. The highest BCUT2D eigenvalue weighted by atomic mass is 35.5. The number of amides is 1. The first-order chi connectivity index (χ1) is 10.1. The van der Waals surface area contributed by atoms with Crippen molar-refractivity contribution in [1.82, 2.24) is 0 Å². The molecule has 1 amide bonds. The summed E-state index contributed by atoms with van der Waals surface area (Å²) in [5.41, 5.74) is 1.95. The van der Waals surface area contributed by atoms with Crippen molar-refractivity contribution in [1.29, 1.82) is 0 Å². The van der Waals surface area contributed by atoms with E-state index in [0.717, 1.165) is 16.0 Å². The first-order valence-electron chi connectivity index (χ1n) is 6.53. The van der Waals surface area contributed by atoms with Gasteiger partial charge >= 0.3 is 0 Å². The summed E-state index contributed by atoms with van der Waals surface area (Å²) in [6.07, 6.45) is 0. The number of hydrogen-bond donors (Lipinski definition) is 1. The molecule has 1 aliphatic heterocycles. The van der Waals surface area contributed by atoms with E-state index < -0.39 is 16.4 Å². The minimum absolute atomic E-state index is 0.186. The van der Waals surface area contributed by atoms with E-state index in [-0.39, 0.29) is 11.6 Å². The van der Waals surface area contributed by atoms with Gasteiger partial charge in [0.05, 0.1) is 11.1 Å². The third-order valence-electron chi connectivity index (χ3n) is 3.38. The fourth-order valence-electron chi connectivity index (χ4n) is 2.29. The molecule has 1 aliphatic rings. The average molecular weight is 322 g/mol. The van der Waals surface area contributed by atoms with Crippen LogP contribution in [-0.2, 0) is 4.79 Å². The van der Waals surface area contributed by atoms with Gasteiger partial charge in [0.1, 0.15) is 11.1 Å². The Morgan fingerprint density at radius 2 is 2.05 bits per heavy atom. The van der Waals surface area contributed by atoms with Crippen LogP contribution in [0.4, 0.5) is 10.1 Å². The van der Waals surface area contributed by atoms with Crippen LogP contribution in [0.25, 0.3) is 0 Å². The molecule has 2 unspecified atom stereocenters. The number of carbonyl (C=O) groups is 1. The average Bonchev–Trinajstić information content (AvgIpc) is 2.80. The molecule has 1 N–H and O–H groups in total. The Kier molecular flexibility index (Phi) is 3.91. The van der Waals surface area contributed by atoms with Gasteiger partial charge in [-0.25, -0.2) is 4.39 Å². The van der Waals surface area contributed by atoms with E-state index in [1.165, 1.54) is 17.8 Å². The van der Waals surface area contributed by atoms with E-state index in [2.05, 4.69) is 5.32 Å². The summed E-state index contributed by atoms with van der Waals surface area (Å²) in [6.45, 7) is 1.80. The van der Waals surface area contributed by atoms with Crippen molar-refractivity contribution in [2.75, 3.05) is 5.32 Å². The normalized spacial score (nSPS) is 20.1. The number of aryl methyl sites for hydroxylation is 1. The number of fused-ring (bicyclic) bond motifs is 1. The zero-order chi connectivity index (χ0) is 15.0. The van der Waals surface area contributed by atoms with Gasteiger partial charge in [-0.15, -0.1) is 23.4 Å². The highest BCUT2D eigenvalue weighted by molar-refractivity contribution is 8.01. The van der Waals surface area contributed by atoms with Crippen molar-refractivity contribution in [2.24, 2.45) is 0 Å². The van der Waals surface area contributed by atoms with Crippen LogP contribution in [0.2, 0.25) is 0 Å². The number of benzene rings is 2. The lowest BCUT2D eigenvalue weighted by Crippen LogP contribution is -2.26. The number of carbonyl (C=O) groups excluding carboxylic acids is 1. The second kappa shape index (κ2) is 5.70. The Hall–Kier alpha value is -1.52. The quantitative estimate of drug-likeness (QED) is 0.824. The van der Waals surface area contributed by atoms with Crippen molar-refractivity contribution < 1.29 is 9.18 Å². The molecule has 0 radical (unpaired) electrons. The molecule has 5 heteroatoms. The van der Waals surface area contributed by atoms with Crippen LogP contribution < -0.4 is 5.32 Å². The molecular weight excluding hydrogens is 309 g/mol. The van der Waals surface area contributed by atoms with Gasteiger partial charge in [0.25, 0.3) is 0 Å². The molecule has 1 heterocycles. The molecule has 0 saturated carbocycles. The highest BCUT2D eigenvalue weighted by Gasteiger charge is 2.36. The third-order valence-corrected chi connectivity index (χ3v) is 5.38. The monoisotopic (exact) mass is 321 g/mol. The van der Waals surface area contributed by atoms with E-state index in [4.69, 9.17) is 11.6 Å². The predicted octanol–water partition coefficient (Wildman–Crippen LogP) is 4.53. The van der Waals surface area contributed by atoms with Crippen molar-refractivity contribution >= 4 is 35.0 Å². The van der Waals surface area contributed by atoms with Crippen LogP contribution in [-0.4, -0.2) is 11.2 Å². The minimum atomic E-state index is -0.454. The lowest BCUT2D eigenvalue weighted by Gasteiger charge is -2.14. The lowest BCUT2D eigenvalue weighted by atomic mass is 10.1. The molecule has 0 spiro atoms. The molecule has 108 valence electrons. The molecule has 0 bridgehead atoms. The van der Waals surface area contributed by atoms with Gasteiger partial charge in [0.2, 0.25) is 5.91 Å². The van der Waals surface area contributed by atoms with E-state index in [1.54, 1.807) is 19.1 Å². The number of halogens is 2. The maximum Gasteiger partial charge on any atom is 0.239 e. The summed E-state index contributed by atoms with van der Waals surface area (Å²) in [5.74, 6) is -0.714. The van der Waals surface area contributed by atoms with Gasteiger partial charge in [-0.1, -0.05) is 24.3 Å². The molecule has 21 heavy (non-hydrogen) atoms. The van der Waals surface area contributed by atoms with Gasteiger partial charge in [0.15, 0.2) is 0 Å². The zero-order valence-electron chi connectivity index (χ0n) is 11.3. The molecule has 0 saturated heterocycles. The lowest BCUT2D eigenvalue weighted by molar-refractivity contribution is -0.115.